The largest absolute Gasteiger partial charge is 0.343 e. The van der Waals surface area contributed by atoms with Gasteiger partial charge >= 0.3 is 0 Å². The van der Waals surface area contributed by atoms with E-state index in [1.807, 2.05) is 42.5 Å². The van der Waals surface area contributed by atoms with E-state index in [2.05, 4.69) is 15.3 Å². The predicted octanol–water partition coefficient (Wildman–Crippen LogP) is 5.30. The molecule has 5 aromatic rings. The van der Waals surface area contributed by atoms with E-state index < -0.39 is 21.8 Å². The third kappa shape index (κ3) is 5.25. The number of carbonyl (C=O) groups is 1. The van der Waals surface area contributed by atoms with Gasteiger partial charge in [-0.05, 0) is 55.6 Å². The Kier molecular flexibility index (Phi) is 7.27. The van der Waals surface area contributed by atoms with Crippen molar-refractivity contribution in [2.24, 2.45) is 0 Å². The van der Waals surface area contributed by atoms with Crippen molar-refractivity contribution in [3.63, 3.8) is 0 Å². The van der Waals surface area contributed by atoms with E-state index in [9.17, 15) is 18.0 Å². The fourth-order valence-electron chi connectivity index (χ4n) is 4.52. The number of para-hydroxylation sites is 1. The predicted molar refractivity (Wildman–Crippen MR) is 156 cm³/mol. The summed E-state index contributed by atoms with van der Waals surface area (Å²) in [7, 11) is -3.34. The van der Waals surface area contributed by atoms with Crippen LogP contribution in [0.4, 0.5) is 0 Å². The molecule has 0 saturated heterocycles. The number of rotatable bonds is 6. The first-order chi connectivity index (χ1) is 19.0. The number of halogens is 1. The van der Waals surface area contributed by atoms with Crippen molar-refractivity contribution in [2.45, 2.75) is 24.8 Å². The Morgan fingerprint density at radius 2 is 1.70 bits per heavy atom. The minimum Gasteiger partial charge on any atom is -0.343 e. The molecule has 0 spiro atoms. The molecule has 0 fully saturated rings. The Labute approximate surface area is 236 Å². The van der Waals surface area contributed by atoms with Gasteiger partial charge in [-0.1, -0.05) is 54.1 Å². The lowest BCUT2D eigenvalue weighted by atomic mass is 10.1. The van der Waals surface area contributed by atoms with Crippen LogP contribution in [0.2, 0.25) is 5.02 Å². The summed E-state index contributed by atoms with van der Waals surface area (Å²) in [6.07, 6.45) is 2.67. The van der Waals surface area contributed by atoms with Crippen molar-refractivity contribution < 1.29 is 13.2 Å². The molecule has 8 nitrogen and oxygen atoms in total. The van der Waals surface area contributed by atoms with Crippen LogP contribution in [0.3, 0.4) is 0 Å². The number of nitrogens with one attached hydrogen (secondary N) is 1. The molecular weight excluding hydrogens is 548 g/mol. The van der Waals surface area contributed by atoms with E-state index in [-0.39, 0.29) is 16.1 Å². The van der Waals surface area contributed by atoms with Crippen LogP contribution in [0.15, 0.2) is 94.7 Å². The molecule has 10 heteroatoms. The monoisotopic (exact) mass is 572 g/mol. The lowest BCUT2D eigenvalue weighted by Crippen LogP contribution is -2.33. The lowest BCUT2D eigenvalue weighted by Gasteiger charge is -2.21. The van der Waals surface area contributed by atoms with Crippen molar-refractivity contribution in [1.82, 2.24) is 19.9 Å². The number of carbonyl (C=O) groups excluding carboxylic acids is 1. The Morgan fingerprint density at radius 1 is 1.00 bits per heavy atom. The van der Waals surface area contributed by atoms with Crippen molar-refractivity contribution in [3.05, 3.63) is 118 Å². The standard InChI is InChI=1S/C30H25ClN4O4S/c1-18(26-16-21-8-7-11-24(31)27(21)30(37)35(26)22-9-5-4-6-10-22)33-29(36)28-19(2)32-17-25(34-28)20-12-14-23(15-13-20)40(3,38)39/h4-18H,1-3H3,(H,33,36)/t18-/m0/s1. The molecule has 0 radical (unpaired) electrons. The second-order valence-corrected chi connectivity index (χ2v) is 11.9. The van der Waals surface area contributed by atoms with Crippen LogP contribution in [-0.2, 0) is 9.84 Å². The Bertz CT molecular complexity index is 1920. The highest BCUT2D eigenvalue weighted by Gasteiger charge is 2.22. The van der Waals surface area contributed by atoms with Crippen LogP contribution in [0.5, 0.6) is 0 Å². The molecule has 1 N–H and O–H groups in total. The van der Waals surface area contributed by atoms with E-state index in [4.69, 9.17) is 11.6 Å². The maximum atomic E-state index is 13.7. The number of pyridine rings is 1. The van der Waals surface area contributed by atoms with Gasteiger partial charge in [0.25, 0.3) is 11.5 Å². The Hall–Kier alpha value is -4.34. The lowest BCUT2D eigenvalue weighted by molar-refractivity contribution is 0.0932. The van der Waals surface area contributed by atoms with E-state index in [0.29, 0.717) is 44.1 Å². The molecule has 3 aromatic carbocycles. The normalized spacial score (nSPS) is 12.3. The zero-order valence-corrected chi connectivity index (χ0v) is 23.5. The van der Waals surface area contributed by atoms with Gasteiger partial charge in [0.15, 0.2) is 9.84 Å². The van der Waals surface area contributed by atoms with Crippen LogP contribution in [0.25, 0.3) is 27.7 Å². The van der Waals surface area contributed by atoms with Crippen molar-refractivity contribution in [3.8, 4) is 16.9 Å². The summed E-state index contributed by atoms with van der Waals surface area (Å²) < 4.78 is 25.2. The topological polar surface area (TPSA) is 111 Å². The summed E-state index contributed by atoms with van der Waals surface area (Å²) in [4.78, 5) is 36.2. The Balaban J connectivity index is 1.53. The van der Waals surface area contributed by atoms with E-state index >= 15 is 0 Å². The van der Waals surface area contributed by atoms with Crippen molar-refractivity contribution in [1.29, 1.82) is 0 Å². The molecule has 0 aliphatic carbocycles. The van der Waals surface area contributed by atoms with Crippen LogP contribution in [0, 0.1) is 6.92 Å². The molecule has 2 heterocycles. The number of hydrogen-bond acceptors (Lipinski definition) is 6. The number of nitrogens with zero attached hydrogens (tertiary/aromatic N) is 3. The maximum Gasteiger partial charge on any atom is 0.272 e. The molecule has 2 aromatic heterocycles. The van der Waals surface area contributed by atoms with Crippen LogP contribution < -0.4 is 10.9 Å². The molecule has 1 amide bonds. The zero-order chi connectivity index (χ0) is 28.6. The summed E-state index contributed by atoms with van der Waals surface area (Å²) in [5, 5.41) is 4.37. The fourth-order valence-corrected chi connectivity index (χ4v) is 5.41. The maximum absolute atomic E-state index is 13.7. The number of aryl methyl sites for hydroxylation is 1. The van der Waals surface area contributed by atoms with Gasteiger partial charge in [0.1, 0.15) is 5.69 Å². The molecule has 0 aliphatic heterocycles. The van der Waals surface area contributed by atoms with Gasteiger partial charge in [0.05, 0.1) is 38.9 Å². The van der Waals surface area contributed by atoms with Gasteiger partial charge in [0.2, 0.25) is 0 Å². The number of sulfone groups is 1. The second-order valence-electron chi connectivity index (χ2n) is 9.43. The van der Waals surface area contributed by atoms with Gasteiger partial charge in [-0.2, -0.15) is 0 Å². The van der Waals surface area contributed by atoms with E-state index in [1.54, 1.807) is 42.7 Å². The van der Waals surface area contributed by atoms with E-state index in [1.165, 1.54) is 18.3 Å². The summed E-state index contributed by atoms with van der Waals surface area (Å²) in [5.41, 5.74) is 2.50. The highest BCUT2D eigenvalue weighted by Crippen LogP contribution is 2.26. The molecule has 202 valence electrons. The molecule has 0 bridgehead atoms. The third-order valence-corrected chi connectivity index (χ3v) is 8.02. The van der Waals surface area contributed by atoms with Gasteiger partial charge < -0.3 is 5.32 Å². The number of fused-ring (bicyclic) bond motifs is 1. The molecule has 0 aliphatic rings. The quantitative estimate of drug-likeness (QED) is 0.295. The molecular formula is C30H25ClN4O4S. The average Bonchev–Trinajstić information content (AvgIpc) is 2.93. The molecule has 0 saturated carbocycles. The molecule has 1 atom stereocenters. The third-order valence-electron chi connectivity index (χ3n) is 6.58. The number of aromatic nitrogens is 3. The first-order valence-corrected chi connectivity index (χ1v) is 14.7. The number of benzene rings is 3. The molecule has 0 unspecified atom stereocenters. The smallest absolute Gasteiger partial charge is 0.272 e. The average molecular weight is 573 g/mol. The number of hydrogen-bond donors (Lipinski definition) is 1. The van der Waals surface area contributed by atoms with Crippen LogP contribution in [0.1, 0.15) is 34.8 Å². The summed E-state index contributed by atoms with van der Waals surface area (Å²) >= 11 is 6.40. The minimum atomic E-state index is -3.34. The second kappa shape index (κ2) is 10.7. The highest BCUT2D eigenvalue weighted by atomic mass is 35.5. The van der Waals surface area contributed by atoms with Gasteiger partial charge in [-0.3, -0.25) is 19.1 Å². The van der Waals surface area contributed by atoms with Gasteiger partial charge in [0, 0.05) is 23.2 Å². The molecule has 40 heavy (non-hydrogen) atoms. The zero-order valence-electron chi connectivity index (χ0n) is 21.9. The van der Waals surface area contributed by atoms with Crippen molar-refractivity contribution >= 4 is 38.1 Å². The summed E-state index contributed by atoms with van der Waals surface area (Å²) in [6.45, 7) is 3.47. The fraction of sp³-hybridized carbons (Fsp3) is 0.133. The first kappa shape index (κ1) is 27.2. The van der Waals surface area contributed by atoms with Gasteiger partial charge in [-0.15, -0.1) is 0 Å². The van der Waals surface area contributed by atoms with Gasteiger partial charge in [-0.25, -0.2) is 13.4 Å². The van der Waals surface area contributed by atoms with Crippen molar-refractivity contribution in [2.75, 3.05) is 6.26 Å². The molecule has 5 rings (SSSR count). The summed E-state index contributed by atoms with van der Waals surface area (Å²) in [5.74, 6) is -0.467. The van der Waals surface area contributed by atoms with E-state index in [0.717, 1.165) is 6.26 Å². The first-order valence-electron chi connectivity index (χ1n) is 12.4. The summed E-state index contributed by atoms with van der Waals surface area (Å²) in [6, 6.07) is 21.9. The SMILES string of the molecule is Cc1ncc(-c2ccc(S(C)(=O)=O)cc2)nc1C(=O)N[C@@H](C)c1cc2cccc(Cl)c2c(=O)n1-c1ccccc1. The highest BCUT2D eigenvalue weighted by molar-refractivity contribution is 7.90. The van der Waals surface area contributed by atoms with Crippen LogP contribution in [-0.4, -0.2) is 35.1 Å². The van der Waals surface area contributed by atoms with Crippen LogP contribution >= 0.6 is 11.6 Å². The minimum absolute atomic E-state index is 0.119. The Morgan fingerprint density at radius 3 is 2.38 bits per heavy atom. The number of amides is 1.